The number of nitrogens with one attached hydrogen (secondary N) is 2. The Bertz CT molecular complexity index is 941. The Morgan fingerprint density at radius 3 is 2.46 bits per heavy atom. The zero-order valence-electron chi connectivity index (χ0n) is 16.2. The average molecular weight is 492 g/mol. The minimum absolute atomic E-state index is 0. The molecular weight excluding hydrogens is 467 g/mol. The van der Waals surface area contributed by atoms with Crippen LogP contribution in [-0.4, -0.2) is 32.2 Å². The molecular formula is C21H25IN4O2. The smallest absolute Gasteiger partial charge is 0.191 e. The monoisotopic (exact) mass is 492 g/mol. The number of fused-ring (bicyclic) bond motifs is 1. The lowest BCUT2D eigenvalue weighted by Crippen LogP contribution is -2.36. The number of aromatic nitrogens is 1. The minimum atomic E-state index is 0. The van der Waals surface area contributed by atoms with Gasteiger partial charge in [-0.15, -0.1) is 24.0 Å². The molecule has 0 amide bonds. The maximum atomic E-state index is 5.35. The quantitative estimate of drug-likeness (QED) is 0.312. The lowest BCUT2D eigenvalue weighted by Gasteiger charge is -2.14. The Hall–Kier alpha value is -2.55. The Labute approximate surface area is 182 Å². The molecule has 3 aromatic rings. The number of nitrogens with zero attached hydrogens (tertiary/aromatic N) is 2. The third kappa shape index (κ3) is 5.25. The van der Waals surface area contributed by atoms with E-state index >= 15 is 0 Å². The zero-order valence-corrected chi connectivity index (χ0v) is 18.6. The van der Waals surface area contributed by atoms with Gasteiger partial charge in [0.2, 0.25) is 0 Å². The average Bonchev–Trinajstić information content (AvgIpc) is 2.73. The normalized spacial score (nSPS) is 10.9. The van der Waals surface area contributed by atoms with E-state index in [4.69, 9.17) is 9.47 Å². The van der Waals surface area contributed by atoms with Gasteiger partial charge in [-0.05, 0) is 35.4 Å². The van der Waals surface area contributed by atoms with Crippen LogP contribution in [0, 0.1) is 0 Å². The molecule has 0 radical (unpaired) electrons. The van der Waals surface area contributed by atoms with Crippen LogP contribution in [0.25, 0.3) is 10.9 Å². The summed E-state index contributed by atoms with van der Waals surface area (Å²) in [7, 11) is 5.02. The van der Waals surface area contributed by atoms with Crippen molar-refractivity contribution in [3.8, 4) is 11.5 Å². The molecule has 0 saturated heterocycles. The molecule has 0 atom stereocenters. The summed E-state index contributed by atoms with van der Waals surface area (Å²) >= 11 is 0. The van der Waals surface area contributed by atoms with E-state index in [1.54, 1.807) is 21.3 Å². The first-order chi connectivity index (χ1) is 13.2. The van der Waals surface area contributed by atoms with E-state index in [0.717, 1.165) is 22.4 Å². The molecule has 3 rings (SSSR count). The molecule has 1 heterocycles. The molecule has 0 fully saturated rings. The Morgan fingerprint density at radius 2 is 1.71 bits per heavy atom. The molecule has 0 aliphatic heterocycles. The second kappa shape index (κ2) is 10.7. The number of halogens is 1. The number of methoxy groups -OCH3 is 2. The fourth-order valence-electron chi connectivity index (χ4n) is 2.89. The predicted molar refractivity (Wildman–Crippen MR) is 124 cm³/mol. The topological polar surface area (TPSA) is 67.8 Å². The van der Waals surface area contributed by atoms with Gasteiger partial charge in [0, 0.05) is 31.7 Å². The van der Waals surface area contributed by atoms with Gasteiger partial charge in [0.1, 0.15) is 0 Å². The van der Waals surface area contributed by atoms with Crippen LogP contribution >= 0.6 is 24.0 Å². The molecule has 0 aliphatic rings. The van der Waals surface area contributed by atoms with Crippen LogP contribution in [0.15, 0.2) is 59.7 Å². The zero-order chi connectivity index (χ0) is 19.1. The number of rotatable bonds is 6. The maximum absolute atomic E-state index is 5.35. The largest absolute Gasteiger partial charge is 0.493 e. The summed E-state index contributed by atoms with van der Waals surface area (Å²) in [6.45, 7) is 1.28. The molecule has 0 bridgehead atoms. The summed E-state index contributed by atoms with van der Waals surface area (Å²) in [5.41, 5.74) is 3.24. The minimum Gasteiger partial charge on any atom is -0.493 e. The summed E-state index contributed by atoms with van der Waals surface area (Å²) < 4.78 is 10.6. The third-order valence-electron chi connectivity index (χ3n) is 4.32. The molecule has 28 heavy (non-hydrogen) atoms. The van der Waals surface area contributed by atoms with E-state index in [1.807, 2.05) is 48.7 Å². The number of ether oxygens (including phenoxy) is 2. The fourth-order valence-corrected chi connectivity index (χ4v) is 2.89. The van der Waals surface area contributed by atoms with Crippen LogP contribution in [0.3, 0.4) is 0 Å². The van der Waals surface area contributed by atoms with Gasteiger partial charge < -0.3 is 20.1 Å². The van der Waals surface area contributed by atoms with Gasteiger partial charge in [0.15, 0.2) is 17.5 Å². The highest BCUT2D eigenvalue weighted by molar-refractivity contribution is 14.0. The lowest BCUT2D eigenvalue weighted by molar-refractivity contribution is 0.354. The van der Waals surface area contributed by atoms with Crippen LogP contribution in [0.4, 0.5) is 0 Å². The Balaban J connectivity index is 0.00000280. The van der Waals surface area contributed by atoms with Crippen LogP contribution < -0.4 is 20.1 Å². The standard InChI is InChI=1S/C21H24N4O2.HI/c1-22-21(24-13-15-8-9-19(26-2)20(12-15)27-3)25-14-16-10-11-23-18-7-5-4-6-17(16)18;/h4-12H,13-14H2,1-3H3,(H2,22,24,25);1H. The molecule has 0 aliphatic carbocycles. The van der Waals surface area contributed by atoms with Crippen molar-refractivity contribution >= 4 is 40.8 Å². The molecule has 2 N–H and O–H groups in total. The summed E-state index contributed by atoms with van der Waals surface area (Å²) in [5, 5.41) is 7.82. The van der Waals surface area contributed by atoms with E-state index in [2.05, 4.69) is 26.7 Å². The van der Waals surface area contributed by atoms with Crippen molar-refractivity contribution in [2.24, 2.45) is 4.99 Å². The number of aliphatic imine (C=N–C) groups is 1. The summed E-state index contributed by atoms with van der Waals surface area (Å²) in [6.07, 6.45) is 1.83. The molecule has 148 valence electrons. The first-order valence-corrected chi connectivity index (χ1v) is 8.73. The van der Waals surface area contributed by atoms with Crippen molar-refractivity contribution < 1.29 is 9.47 Å². The molecule has 0 saturated carbocycles. The number of benzene rings is 2. The highest BCUT2D eigenvalue weighted by Crippen LogP contribution is 2.27. The van der Waals surface area contributed by atoms with Gasteiger partial charge in [-0.3, -0.25) is 9.98 Å². The number of hydrogen-bond donors (Lipinski definition) is 2. The van der Waals surface area contributed by atoms with Crippen molar-refractivity contribution in [1.29, 1.82) is 0 Å². The van der Waals surface area contributed by atoms with Crippen LogP contribution in [-0.2, 0) is 13.1 Å². The van der Waals surface area contributed by atoms with Gasteiger partial charge in [0.05, 0.1) is 19.7 Å². The van der Waals surface area contributed by atoms with E-state index in [-0.39, 0.29) is 24.0 Å². The second-order valence-electron chi connectivity index (χ2n) is 5.96. The molecule has 6 nitrogen and oxygen atoms in total. The van der Waals surface area contributed by atoms with Crippen molar-refractivity contribution in [2.45, 2.75) is 13.1 Å². The second-order valence-corrected chi connectivity index (χ2v) is 5.96. The summed E-state index contributed by atoms with van der Waals surface area (Å²) in [4.78, 5) is 8.70. The van der Waals surface area contributed by atoms with Crippen molar-refractivity contribution in [3.05, 3.63) is 65.9 Å². The molecule has 2 aromatic carbocycles. The van der Waals surface area contributed by atoms with E-state index < -0.39 is 0 Å². The number of guanidine groups is 1. The molecule has 1 aromatic heterocycles. The van der Waals surface area contributed by atoms with Crippen LogP contribution in [0.5, 0.6) is 11.5 Å². The number of hydrogen-bond acceptors (Lipinski definition) is 4. The van der Waals surface area contributed by atoms with E-state index in [1.165, 1.54) is 5.56 Å². The van der Waals surface area contributed by atoms with Crippen molar-refractivity contribution in [2.75, 3.05) is 21.3 Å². The van der Waals surface area contributed by atoms with Gasteiger partial charge in [0.25, 0.3) is 0 Å². The van der Waals surface area contributed by atoms with Gasteiger partial charge >= 0.3 is 0 Å². The number of pyridine rings is 1. The first-order valence-electron chi connectivity index (χ1n) is 8.73. The highest BCUT2D eigenvalue weighted by Gasteiger charge is 2.06. The maximum Gasteiger partial charge on any atom is 0.191 e. The third-order valence-corrected chi connectivity index (χ3v) is 4.32. The van der Waals surface area contributed by atoms with Gasteiger partial charge in [-0.1, -0.05) is 24.3 Å². The molecule has 0 spiro atoms. The molecule has 7 heteroatoms. The Morgan fingerprint density at radius 1 is 0.964 bits per heavy atom. The van der Waals surface area contributed by atoms with Gasteiger partial charge in [-0.2, -0.15) is 0 Å². The van der Waals surface area contributed by atoms with Gasteiger partial charge in [-0.25, -0.2) is 0 Å². The fraction of sp³-hybridized carbons (Fsp3) is 0.238. The van der Waals surface area contributed by atoms with Crippen LogP contribution in [0.2, 0.25) is 0 Å². The Kier molecular flexibility index (Phi) is 8.31. The first kappa shape index (κ1) is 21.7. The van der Waals surface area contributed by atoms with E-state index in [0.29, 0.717) is 24.6 Å². The molecule has 0 unspecified atom stereocenters. The van der Waals surface area contributed by atoms with Crippen molar-refractivity contribution in [1.82, 2.24) is 15.6 Å². The van der Waals surface area contributed by atoms with Crippen molar-refractivity contribution in [3.63, 3.8) is 0 Å². The predicted octanol–water partition coefficient (Wildman–Crippen LogP) is 3.74. The SMILES string of the molecule is CN=C(NCc1ccc(OC)c(OC)c1)NCc1ccnc2ccccc12.I. The van der Waals surface area contributed by atoms with E-state index in [9.17, 15) is 0 Å². The summed E-state index contributed by atoms with van der Waals surface area (Å²) in [6, 6.07) is 16.0. The summed E-state index contributed by atoms with van der Waals surface area (Å²) in [5.74, 6) is 2.15. The number of para-hydroxylation sites is 1. The van der Waals surface area contributed by atoms with Crippen LogP contribution in [0.1, 0.15) is 11.1 Å². The highest BCUT2D eigenvalue weighted by atomic mass is 127. The lowest BCUT2D eigenvalue weighted by atomic mass is 10.1.